The lowest BCUT2D eigenvalue weighted by molar-refractivity contribution is -0.210. The van der Waals surface area contributed by atoms with Gasteiger partial charge in [0.2, 0.25) is 0 Å². The number of fused-ring (bicyclic) bond motifs is 5. The van der Waals surface area contributed by atoms with Gasteiger partial charge in [-0.15, -0.1) is 0 Å². The Morgan fingerprint density at radius 1 is 0.974 bits per heavy atom. The molecule has 39 heavy (non-hydrogen) atoms. The van der Waals surface area contributed by atoms with E-state index in [1.165, 1.54) is 12.0 Å². The molecule has 0 spiro atoms. The summed E-state index contributed by atoms with van der Waals surface area (Å²) >= 11 is 0. The highest BCUT2D eigenvalue weighted by Gasteiger charge is 2.66. The highest BCUT2D eigenvalue weighted by Crippen LogP contribution is 2.67. The number of allylic oxidation sites excluding steroid dienone is 3. The Morgan fingerprint density at radius 2 is 1.69 bits per heavy atom. The molecule has 1 aromatic rings. The Hall–Kier alpha value is -1.91. The molecule has 0 aromatic heterocycles. The Morgan fingerprint density at radius 3 is 2.38 bits per heavy atom. The molecule has 0 radical (unpaired) electrons. The topological polar surface area (TPSA) is 66.8 Å². The monoisotopic (exact) mass is 534 g/mol. The van der Waals surface area contributed by atoms with E-state index in [0.717, 1.165) is 25.7 Å². The third-order valence-corrected chi connectivity index (χ3v) is 12.0. The minimum Gasteiger partial charge on any atom is -0.451 e. The molecular formula is C35H50O4. The van der Waals surface area contributed by atoms with E-state index in [4.69, 9.17) is 4.74 Å². The van der Waals surface area contributed by atoms with Crippen LogP contribution in [0.4, 0.5) is 0 Å². The molecular weight excluding hydrogens is 484 g/mol. The molecule has 3 fully saturated rings. The van der Waals surface area contributed by atoms with Crippen molar-refractivity contribution in [1.29, 1.82) is 0 Å². The van der Waals surface area contributed by atoms with Gasteiger partial charge in [0.1, 0.15) is 11.7 Å². The third kappa shape index (κ3) is 4.74. The lowest BCUT2D eigenvalue weighted by atomic mass is 9.45. The van der Waals surface area contributed by atoms with Crippen LogP contribution in [0.15, 0.2) is 54.1 Å². The van der Waals surface area contributed by atoms with Crippen LogP contribution in [0.3, 0.4) is 0 Å². The van der Waals surface area contributed by atoms with Gasteiger partial charge in [0.25, 0.3) is 0 Å². The van der Waals surface area contributed by atoms with Crippen LogP contribution in [0, 0.1) is 46.3 Å². The zero-order valence-electron chi connectivity index (χ0n) is 24.9. The van der Waals surface area contributed by atoms with Crippen molar-refractivity contribution in [2.75, 3.05) is 0 Å². The summed E-state index contributed by atoms with van der Waals surface area (Å²) in [6.45, 7) is 14.0. The molecule has 0 saturated heterocycles. The summed E-state index contributed by atoms with van der Waals surface area (Å²) in [5.41, 5.74) is 0.382. The van der Waals surface area contributed by atoms with Crippen LogP contribution in [0.5, 0.6) is 0 Å². The molecule has 2 unspecified atom stereocenters. The van der Waals surface area contributed by atoms with Crippen LogP contribution in [-0.4, -0.2) is 34.0 Å². The van der Waals surface area contributed by atoms with Crippen molar-refractivity contribution >= 4 is 5.97 Å². The average Bonchev–Trinajstić information content (AvgIpc) is 3.26. The first-order valence-electron chi connectivity index (χ1n) is 15.5. The molecule has 4 nitrogen and oxygen atoms in total. The zero-order chi connectivity index (χ0) is 28.2. The van der Waals surface area contributed by atoms with E-state index in [1.807, 2.05) is 18.2 Å². The van der Waals surface area contributed by atoms with Gasteiger partial charge in [-0.25, -0.2) is 4.79 Å². The van der Waals surface area contributed by atoms with E-state index in [-0.39, 0.29) is 17.8 Å². The highest BCUT2D eigenvalue weighted by molar-refractivity contribution is 5.89. The molecule has 0 aliphatic heterocycles. The number of carbonyl (C=O) groups is 1. The molecule has 0 amide bonds. The first-order chi connectivity index (χ1) is 18.4. The smallest absolute Gasteiger partial charge is 0.338 e. The van der Waals surface area contributed by atoms with E-state index in [0.29, 0.717) is 41.6 Å². The van der Waals surface area contributed by atoms with Gasteiger partial charge < -0.3 is 14.9 Å². The summed E-state index contributed by atoms with van der Waals surface area (Å²) in [4.78, 5) is 13.2. The molecule has 3 saturated carbocycles. The van der Waals surface area contributed by atoms with Crippen molar-refractivity contribution in [2.45, 2.75) is 104 Å². The summed E-state index contributed by atoms with van der Waals surface area (Å²) in [5, 5.41) is 23.0. The molecule has 4 aliphatic carbocycles. The van der Waals surface area contributed by atoms with Gasteiger partial charge in [0.15, 0.2) is 0 Å². The molecule has 214 valence electrons. The Labute approximate surface area is 235 Å². The SMILES string of the molecule is CC(C)[C@@H](C)/C=C/[C@@H](C)[C@H]1CCC2C3=C[C@H](OC(=O)c4ccccc4)[C@@]4(O)C[C@@H](O)CC[C@]4(C)C3CC[C@@]21C. The quantitative estimate of drug-likeness (QED) is 0.296. The van der Waals surface area contributed by atoms with Crippen molar-refractivity contribution < 1.29 is 19.7 Å². The number of rotatable bonds is 6. The van der Waals surface area contributed by atoms with Gasteiger partial charge in [0, 0.05) is 11.8 Å². The maximum Gasteiger partial charge on any atom is 0.338 e. The number of carbonyl (C=O) groups excluding carboxylic acids is 1. The summed E-state index contributed by atoms with van der Waals surface area (Å²) in [6, 6.07) is 9.06. The second-order valence-electron chi connectivity index (χ2n) is 14.3. The van der Waals surface area contributed by atoms with Crippen molar-refractivity contribution in [1.82, 2.24) is 0 Å². The minimum absolute atomic E-state index is 0.196. The lowest BCUT2D eigenvalue weighted by Crippen LogP contribution is -2.66. The van der Waals surface area contributed by atoms with Crippen LogP contribution >= 0.6 is 0 Å². The number of aliphatic hydroxyl groups is 2. The van der Waals surface area contributed by atoms with Gasteiger partial charge in [-0.2, -0.15) is 0 Å². The van der Waals surface area contributed by atoms with Crippen molar-refractivity contribution in [2.24, 2.45) is 46.3 Å². The van der Waals surface area contributed by atoms with Gasteiger partial charge in [0.05, 0.1) is 11.7 Å². The lowest BCUT2D eigenvalue weighted by Gasteiger charge is -2.62. The molecule has 4 heteroatoms. The summed E-state index contributed by atoms with van der Waals surface area (Å²) in [7, 11) is 0. The second-order valence-corrected chi connectivity index (χ2v) is 14.3. The fraction of sp³-hybridized carbons (Fsp3) is 0.686. The summed E-state index contributed by atoms with van der Waals surface area (Å²) in [5.74, 6) is 2.64. The van der Waals surface area contributed by atoms with Gasteiger partial charge in [-0.1, -0.05) is 77.5 Å². The van der Waals surface area contributed by atoms with E-state index in [2.05, 4.69) is 59.8 Å². The molecule has 10 atom stereocenters. The Bertz CT molecular complexity index is 1110. The van der Waals surface area contributed by atoms with Crippen LogP contribution in [0.1, 0.15) is 96.8 Å². The van der Waals surface area contributed by atoms with Crippen molar-refractivity contribution in [3.05, 3.63) is 59.7 Å². The molecule has 2 N–H and O–H groups in total. The van der Waals surface area contributed by atoms with E-state index < -0.39 is 29.2 Å². The summed E-state index contributed by atoms with van der Waals surface area (Å²) in [6.07, 6.45) is 11.9. The van der Waals surface area contributed by atoms with Gasteiger partial charge in [-0.05, 0) is 97.7 Å². The normalized spacial score (nSPS) is 41.4. The number of ether oxygens (including phenoxy) is 1. The van der Waals surface area contributed by atoms with Crippen LogP contribution in [0.25, 0.3) is 0 Å². The standard InChI is InChI=1S/C35H50O4/c1-22(2)23(3)12-13-24(4)28-14-15-29-27-20-31(39-32(37)25-10-8-7-9-11-25)35(38)21-26(36)16-19-34(35,6)30(27)17-18-33(28,29)5/h7-13,20,22-24,26,28-31,36,38H,14-19,21H2,1-6H3/b13-12+/t23-,24+,26-,28+,29?,30?,31-,33+,34+,35-/m0/s1. The number of hydrogen-bond acceptors (Lipinski definition) is 4. The second kappa shape index (κ2) is 10.5. The third-order valence-electron chi connectivity index (χ3n) is 12.0. The van der Waals surface area contributed by atoms with Crippen molar-refractivity contribution in [3.63, 3.8) is 0 Å². The fourth-order valence-electron chi connectivity index (χ4n) is 9.02. The Balaban J connectivity index is 1.49. The first kappa shape index (κ1) is 28.6. The van der Waals surface area contributed by atoms with Gasteiger partial charge >= 0.3 is 5.97 Å². The molecule has 0 heterocycles. The maximum atomic E-state index is 13.2. The highest BCUT2D eigenvalue weighted by atomic mass is 16.6. The fourth-order valence-corrected chi connectivity index (χ4v) is 9.02. The van der Waals surface area contributed by atoms with E-state index in [1.54, 1.807) is 12.1 Å². The number of aliphatic hydroxyl groups excluding tert-OH is 1. The summed E-state index contributed by atoms with van der Waals surface area (Å²) < 4.78 is 6.17. The zero-order valence-corrected chi connectivity index (χ0v) is 24.9. The van der Waals surface area contributed by atoms with Crippen molar-refractivity contribution in [3.8, 4) is 0 Å². The molecule has 0 bridgehead atoms. The largest absolute Gasteiger partial charge is 0.451 e. The maximum absolute atomic E-state index is 13.2. The molecule has 1 aromatic carbocycles. The average molecular weight is 535 g/mol. The van der Waals surface area contributed by atoms with Gasteiger partial charge in [-0.3, -0.25) is 0 Å². The number of benzene rings is 1. The number of hydrogen-bond donors (Lipinski definition) is 2. The van der Waals surface area contributed by atoms with E-state index >= 15 is 0 Å². The Kier molecular flexibility index (Phi) is 7.70. The molecule has 5 rings (SSSR count). The van der Waals surface area contributed by atoms with E-state index in [9.17, 15) is 15.0 Å². The predicted octanol–water partition coefficient (Wildman–Crippen LogP) is 7.36. The first-order valence-corrected chi connectivity index (χ1v) is 15.5. The number of esters is 1. The minimum atomic E-state index is -1.28. The van der Waals surface area contributed by atoms with Crippen LogP contribution in [0.2, 0.25) is 0 Å². The predicted molar refractivity (Wildman–Crippen MR) is 156 cm³/mol. The van der Waals surface area contributed by atoms with Crippen LogP contribution in [-0.2, 0) is 4.74 Å². The van der Waals surface area contributed by atoms with Crippen LogP contribution < -0.4 is 0 Å². The molecule has 4 aliphatic rings.